The number of fused-ring (bicyclic) bond motifs is 1. The third-order valence-electron chi connectivity index (χ3n) is 6.63. The van der Waals surface area contributed by atoms with E-state index in [1.165, 1.54) is 5.56 Å². The first-order valence-electron chi connectivity index (χ1n) is 12.0. The summed E-state index contributed by atoms with van der Waals surface area (Å²) >= 11 is 0. The molecule has 4 aromatic rings. The lowest BCUT2D eigenvalue weighted by molar-refractivity contribution is -0.113. The van der Waals surface area contributed by atoms with E-state index < -0.39 is 6.04 Å². The van der Waals surface area contributed by atoms with Gasteiger partial charge < -0.3 is 20.1 Å². The maximum Gasteiger partial charge on any atom is 0.255 e. The number of nitrogens with zero attached hydrogens (tertiary/aromatic N) is 3. The fourth-order valence-electron chi connectivity index (χ4n) is 4.50. The van der Waals surface area contributed by atoms with Crippen molar-refractivity contribution < 1.29 is 14.3 Å². The largest absolute Gasteiger partial charge is 0.497 e. The van der Waals surface area contributed by atoms with Gasteiger partial charge in [0.25, 0.3) is 5.91 Å². The molecule has 8 nitrogen and oxygen atoms in total. The maximum atomic E-state index is 13.7. The van der Waals surface area contributed by atoms with E-state index >= 15 is 0 Å². The first-order valence-corrected chi connectivity index (χ1v) is 12.0. The fraction of sp³-hybridized carbons (Fsp3) is 0.207. The highest BCUT2D eigenvalue weighted by atomic mass is 16.5. The number of benzene rings is 3. The molecule has 0 fully saturated rings. The Hall–Kier alpha value is -4.59. The Morgan fingerprint density at radius 2 is 1.73 bits per heavy atom. The average Bonchev–Trinajstić information content (AvgIpc) is 3.33. The van der Waals surface area contributed by atoms with Crippen molar-refractivity contribution in [3.8, 4) is 22.9 Å². The van der Waals surface area contributed by atoms with Crippen molar-refractivity contribution in [2.75, 3.05) is 24.9 Å². The second-order valence-corrected chi connectivity index (χ2v) is 9.00. The van der Waals surface area contributed by atoms with E-state index in [9.17, 15) is 4.79 Å². The van der Waals surface area contributed by atoms with Crippen LogP contribution >= 0.6 is 0 Å². The third-order valence-corrected chi connectivity index (χ3v) is 6.63. The van der Waals surface area contributed by atoms with Crippen molar-refractivity contribution in [3.63, 3.8) is 0 Å². The summed E-state index contributed by atoms with van der Waals surface area (Å²) in [5.41, 5.74) is 5.92. The molecule has 1 atom stereocenters. The number of hydrogen-bond donors (Lipinski definition) is 2. The van der Waals surface area contributed by atoms with Gasteiger partial charge in [0, 0.05) is 28.6 Å². The van der Waals surface area contributed by atoms with Crippen LogP contribution in [-0.4, -0.2) is 34.9 Å². The minimum absolute atomic E-state index is 0.243. The summed E-state index contributed by atoms with van der Waals surface area (Å²) in [6.45, 7) is 6.01. The molecule has 5 rings (SSSR count). The Morgan fingerprint density at radius 3 is 2.43 bits per heavy atom. The lowest BCUT2D eigenvalue weighted by Gasteiger charge is -2.29. The molecule has 1 aromatic heterocycles. The number of aromatic nitrogens is 3. The van der Waals surface area contributed by atoms with Crippen LogP contribution in [0.2, 0.25) is 0 Å². The van der Waals surface area contributed by atoms with E-state index in [1.54, 1.807) is 25.0 Å². The number of allylic oxidation sites excluding steroid dienone is 1. The average molecular weight is 496 g/mol. The van der Waals surface area contributed by atoms with Gasteiger partial charge in [-0.2, -0.15) is 4.98 Å². The number of ether oxygens (including phenoxy) is 2. The minimum atomic E-state index is -0.589. The topological polar surface area (TPSA) is 90.3 Å². The van der Waals surface area contributed by atoms with Crippen LogP contribution in [-0.2, 0) is 4.79 Å². The SMILES string of the molecule is COc1ccc(C2C(C(=O)Nc3ccccc3)=C(C)Nc3nc(-c4ccc(C)c(C)c4)nn32)c(OC)c1. The van der Waals surface area contributed by atoms with E-state index in [0.717, 1.165) is 16.7 Å². The number of carbonyl (C=O) groups excluding carboxylic acids is 1. The summed E-state index contributed by atoms with van der Waals surface area (Å²) in [7, 11) is 3.20. The van der Waals surface area contributed by atoms with Crippen molar-refractivity contribution in [1.82, 2.24) is 14.8 Å². The third kappa shape index (κ3) is 4.53. The summed E-state index contributed by atoms with van der Waals surface area (Å²) in [5.74, 6) is 2.11. The number of carbonyl (C=O) groups is 1. The molecule has 0 saturated heterocycles. The van der Waals surface area contributed by atoms with E-state index in [4.69, 9.17) is 19.6 Å². The number of amides is 1. The Labute approximate surface area is 216 Å². The molecule has 37 heavy (non-hydrogen) atoms. The summed E-state index contributed by atoms with van der Waals surface area (Å²) in [5, 5.41) is 11.2. The molecule has 0 aliphatic carbocycles. The molecule has 2 N–H and O–H groups in total. The van der Waals surface area contributed by atoms with Crippen LogP contribution in [0.4, 0.5) is 11.6 Å². The minimum Gasteiger partial charge on any atom is -0.497 e. The molecule has 0 saturated carbocycles. The number of hydrogen-bond acceptors (Lipinski definition) is 6. The van der Waals surface area contributed by atoms with Gasteiger partial charge in [0.1, 0.15) is 17.5 Å². The number of rotatable bonds is 6. The molecule has 8 heteroatoms. The van der Waals surface area contributed by atoms with Gasteiger partial charge >= 0.3 is 0 Å². The molecule has 3 aromatic carbocycles. The van der Waals surface area contributed by atoms with Gasteiger partial charge in [-0.1, -0.05) is 30.3 Å². The predicted molar refractivity (Wildman–Crippen MR) is 144 cm³/mol. The molecule has 2 heterocycles. The zero-order valence-electron chi connectivity index (χ0n) is 21.5. The highest BCUT2D eigenvalue weighted by Crippen LogP contribution is 2.41. The number of anilines is 2. The van der Waals surface area contributed by atoms with Gasteiger partial charge in [0.05, 0.1) is 19.8 Å². The predicted octanol–water partition coefficient (Wildman–Crippen LogP) is 5.51. The number of aryl methyl sites for hydroxylation is 2. The lowest BCUT2D eigenvalue weighted by atomic mass is 9.94. The monoisotopic (exact) mass is 495 g/mol. The zero-order chi connectivity index (χ0) is 26.1. The molecule has 188 valence electrons. The van der Waals surface area contributed by atoms with Crippen LogP contribution in [0.3, 0.4) is 0 Å². The van der Waals surface area contributed by atoms with Crippen molar-refractivity contribution in [2.45, 2.75) is 26.8 Å². The molecule has 0 radical (unpaired) electrons. The first-order chi connectivity index (χ1) is 17.9. The van der Waals surface area contributed by atoms with E-state index in [2.05, 4.69) is 36.6 Å². The quantitative estimate of drug-likeness (QED) is 0.367. The molecule has 1 aliphatic rings. The second kappa shape index (κ2) is 9.81. The van der Waals surface area contributed by atoms with Crippen molar-refractivity contribution >= 4 is 17.5 Å². The van der Waals surface area contributed by atoms with Gasteiger partial charge in [-0.3, -0.25) is 4.79 Å². The Morgan fingerprint density at radius 1 is 0.946 bits per heavy atom. The van der Waals surface area contributed by atoms with E-state index in [1.807, 2.05) is 55.5 Å². The first kappa shape index (κ1) is 24.1. The fourth-order valence-corrected chi connectivity index (χ4v) is 4.50. The normalized spacial score (nSPS) is 14.6. The number of para-hydroxylation sites is 1. The Kier molecular flexibility index (Phi) is 6.40. The van der Waals surface area contributed by atoms with Gasteiger partial charge in [0.2, 0.25) is 5.95 Å². The van der Waals surface area contributed by atoms with Crippen LogP contribution in [0.1, 0.15) is 29.7 Å². The van der Waals surface area contributed by atoms with Crippen LogP contribution < -0.4 is 20.1 Å². The molecule has 0 spiro atoms. The summed E-state index contributed by atoms with van der Waals surface area (Å²) in [6.07, 6.45) is 0. The number of nitrogens with one attached hydrogen (secondary N) is 2. The molecule has 1 amide bonds. The van der Waals surface area contributed by atoms with Gasteiger partial charge in [-0.25, -0.2) is 4.68 Å². The molecule has 0 bridgehead atoms. The summed E-state index contributed by atoms with van der Waals surface area (Å²) < 4.78 is 12.9. The van der Waals surface area contributed by atoms with Crippen LogP contribution in [0.15, 0.2) is 78.0 Å². The standard InChI is InChI=1S/C29H29N5O3/c1-17-11-12-20(15-18(17)2)27-32-29-30-19(3)25(28(35)31-21-9-7-6-8-10-21)26(34(29)33-27)23-14-13-22(36-4)16-24(23)37-5/h6-16,26H,1-5H3,(H,31,35)(H,30,32,33). The highest BCUT2D eigenvalue weighted by Gasteiger charge is 2.36. The van der Waals surface area contributed by atoms with E-state index in [0.29, 0.717) is 40.2 Å². The molecular weight excluding hydrogens is 466 g/mol. The van der Waals surface area contributed by atoms with Gasteiger partial charge in [0.15, 0.2) is 5.82 Å². The maximum absolute atomic E-state index is 13.7. The smallest absolute Gasteiger partial charge is 0.255 e. The summed E-state index contributed by atoms with van der Waals surface area (Å²) in [4.78, 5) is 18.5. The molecular formula is C29H29N5O3. The van der Waals surface area contributed by atoms with Crippen LogP contribution in [0.25, 0.3) is 11.4 Å². The van der Waals surface area contributed by atoms with Gasteiger partial charge in [-0.15, -0.1) is 5.10 Å². The Bertz CT molecular complexity index is 1510. The Balaban J connectivity index is 1.65. The van der Waals surface area contributed by atoms with E-state index in [-0.39, 0.29) is 5.91 Å². The van der Waals surface area contributed by atoms with Gasteiger partial charge in [-0.05, 0) is 62.2 Å². The molecule has 1 aliphatic heterocycles. The molecule has 1 unspecified atom stereocenters. The zero-order valence-corrected chi connectivity index (χ0v) is 21.5. The second-order valence-electron chi connectivity index (χ2n) is 9.00. The van der Waals surface area contributed by atoms with Crippen molar-refractivity contribution in [1.29, 1.82) is 0 Å². The van der Waals surface area contributed by atoms with Crippen molar-refractivity contribution in [3.05, 3.63) is 94.7 Å². The lowest BCUT2D eigenvalue weighted by Crippen LogP contribution is -2.31. The summed E-state index contributed by atoms with van der Waals surface area (Å²) in [6, 6.07) is 20.5. The number of methoxy groups -OCH3 is 2. The van der Waals surface area contributed by atoms with Crippen LogP contribution in [0.5, 0.6) is 11.5 Å². The highest BCUT2D eigenvalue weighted by molar-refractivity contribution is 6.06. The van der Waals surface area contributed by atoms with Crippen molar-refractivity contribution in [2.24, 2.45) is 0 Å². The van der Waals surface area contributed by atoms with Crippen LogP contribution in [0, 0.1) is 13.8 Å².